The van der Waals surface area contributed by atoms with Gasteiger partial charge in [-0.1, -0.05) is 25.5 Å². The second-order valence-corrected chi connectivity index (χ2v) is 4.86. The van der Waals surface area contributed by atoms with Crippen molar-refractivity contribution in [1.82, 2.24) is 0 Å². The molecule has 0 spiro atoms. The number of fused-ring (bicyclic) bond motifs is 1. The van der Waals surface area contributed by atoms with Crippen molar-refractivity contribution in [3.05, 3.63) is 41.0 Å². The Labute approximate surface area is 96.4 Å². The molecule has 1 fully saturated rings. The van der Waals surface area contributed by atoms with Crippen molar-refractivity contribution in [3.63, 3.8) is 0 Å². The van der Waals surface area contributed by atoms with Crippen molar-refractivity contribution in [2.45, 2.75) is 26.2 Å². The van der Waals surface area contributed by atoms with Crippen LogP contribution in [-0.2, 0) is 6.42 Å². The van der Waals surface area contributed by atoms with Crippen LogP contribution in [0, 0.1) is 23.2 Å². The van der Waals surface area contributed by atoms with Crippen LogP contribution < -0.4 is 0 Å². The highest BCUT2D eigenvalue weighted by atomic mass is 14.4. The van der Waals surface area contributed by atoms with Crippen molar-refractivity contribution in [1.29, 1.82) is 5.26 Å². The molecule has 1 aromatic carbocycles. The van der Waals surface area contributed by atoms with Gasteiger partial charge in [-0.05, 0) is 53.5 Å². The first-order valence-electron chi connectivity index (χ1n) is 6.07. The Hall–Kier alpha value is -1.55. The highest BCUT2D eigenvalue weighted by Gasteiger charge is 2.40. The average molecular weight is 209 g/mol. The van der Waals surface area contributed by atoms with E-state index < -0.39 is 0 Å². The number of rotatable bonds is 2. The number of benzene rings is 1. The smallest absolute Gasteiger partial charge is 0.0991 e. The normalized spacial score (nSPS) is 25.9. The molecule has 0 N–H and O–H groups in total. The van der Waals surface area contributed by atoms with Gasteiger partial charge in [0.2, 0.25) is 0 Å². The molecule has 0 bridgehead atoms. The van der Waals surface area contributed by atoms with Crippen LogP contribution in [0.3, 0.4) is 0 Å². The third kappa shape index (κ3) is 1.38. The molecule has 16 heavy (non-hydrogen) atoms. The standard InChI is InChI=1S/C15H15N/c1-2-11-8-15(11)13-6-5-12-4-3-10(9-16)7-14(12)13/h3-4,6-7,11,15H,2,5,8H2,1H3. The van der Waals surface area contributed by atoms with Gasteiger partial charge in [-0.3, -0.25) is 0 Å². The number of hydrogen-bond donors (Lipinski definition) is 0. The molecular weight excluding hydrogens is 194 g/mol. The monoisotopic (exact) mass is 209 g/mol. The predicted octanol–water partition coefficient (Wildman–Crippen LogP) is 3.54. The van der Waals surface area contributed by atoms with Gasteiger partial charge >= 0.3 is 0 Å². The van der Waals surface area contributed by atoms with E-state index in [1.54, 1.807) is 0 Å². The largest absolute Gasteiger partial charge is 0.192 e. The van der Waals surface area contributed by atoms with E-state index in [0.29, 0.717) is 0 Å². The van der Waals surface area contributed by atoms with Crippen LogP contribution in [0.2, 0.25) is 0 Å². The molecule has 2 aliphatic carbocycles. The van der Waals surface area contributed by atoms with Crippen molar-refractivity contribution >= 4 is 5.57 Å². The maximum atomic E-state index is 8.94. The third-order valence-corrected chi connectivity index (χ3v) is 3.94. The molecule has 3 rings (SSSR count). The molecule has 1 nitrogen and oxygen atoms in total. The third-order valence-electron chi connectivity index (χ3n) is 3.94. The first-order valence-corrected chi connectivity index (χ1v) is 6.07. The van der Waals surface area contributed by atoms with Crippen LogP contribution in [0.15, 0.2) is 24.3 Å². The van der Waals surface area contributed by atoms with Crippen molar-refractivity contribution in [3.8, 4) is 6.07 Å². The molecule has 0 aromatic heterocycles. The molecule has 0 saturated heterocycles. The Morgan fingerprint density at radius 2 is 2.31 bits per heavy atom. The fraction of sp³-hybridized carbons (Fsp3) is 0.400. The van der Waals surface area contributed by atoms with Gasteiger partial charge in [0.05, 0.1) is 11.6 Å². The van der Waals surface area contributed by atoms with Crippen molar-refractivity contribution in [2.24, 2.45) is 11.8 Å². The van der Waals surface area contributed by atoms with Gasteiger partial charge in [0.15, 0.2) is 0 Å². The topological polar surface area (TPSA) is 23.8 Å². The van der Waals surface area contributed by atoms with E-state index >= 15 is 0 Å². The van der Waals surface area contributed by atoms with Crippen LogP contribution in [0.5, 0.6) is 0 Å². The Kier molecular flexibility index (Phi) is 2.11. The molecule has 2 unspecified atom stereocenters. The fourth-order valence-corrected chi connectivity index (χ4v) is 2.85. The molecule has 2 aliphatic rings. The molecule has 80 valence electrons. The number of allylic oxidation sites excluding steroid dienone is 2. The number of hydrogen-bond acceptors (Lipinski definition) is 1. The SMILES string of the molecule is CCC1CC1C1=CCc2ccc(C#N)cc21. The summed E-state index contributed by atoms with van der Waals surface area (Å²) >= 11 is 0. The summed E-state index contributed by atoms with van der Waals surface area (Å²) in [6, 6.07) is 8.35. The zero-order chi connectivity index (χ0) is 11.1. The fourth-order valence-electron chi connectivity index (χ4n) is 2.85. The molecule has 1 saturated carbocycles. The van der Waals surface area contributed by atoms with Crippen LogP contribution in [0.4, 0.5) is 0 Å². The maximum absolute atomic E-state index is 8.94. The highest BCUT2D eigenvalue weighted by Crippen LogP contribution is 2.52. The van der Waals surface area contributed by atoms with Gasteiger partial charge in [-0.15, -0.1) is 0 Å². The summed E-state index contributed by atoms with van der Waals surface area (Å²) in [4.78, 5) is 0. The van der Waals surface area contributed by atoms with Crippen molar-refractivity contribution in [2.75, 3.05) is 0 Å². The number of nitrogens with zero attached hydrogens (tertiary/aromatic N) is 1. The van der Waals surface area contributed by atoms with Gasteiger partial charge in [0.25, 0.3) is 0 Å². The molecule has 0 heterocycles. The van der Waals surface area contributed by atoms with E-state index in [1.807, 2.05) is 6.07 Å². The van der Waals surface area contributed by atoms with Crippen LogP contribution in [0.1, 0.15) is 36.5 Å². The Bertz CT molecular complexity index is 505. The van der Waals surface area contributed by atoms with Gasteiger partial charge in [0, 0.05) is 0 Å². The molecular formula is C15H15N. The summed E-state index contributed by atoms with van der Waals surface area (Å²) in [5.41, 5.74) is 5.05. The summed E-state index contributed by atoms with van der Waals surface area (Å²) in [5, 5.41) is 8.94. The first-order chi connectivity index (χ1) is 7.83. The lowest BCUT2D eigenvalue weighted by Crippen LogP contribution is -1.90. The van der Waals surface area contributed by atoms with E-state index in [1.165, 1.54) is 29.5 Å². The molecule has 1 aromatic rings. The van der Waals surface area contributed by atoms with E-state index in [9.17, 15) is 0 Å². The van der Waals surface area contributed by atoms with E-state index in [4.69, 9.17) is 5.26 Å². The second-order valence-electron chi connectivity index (χ2n) is 4.86. The van der Waals surface area contributed by atoms with Gasteiger partial charge in [-0.2, -0.15) is 5.26 Å². The van der Waals surface area contributed by atoms with Gasteiger partial charge in [0.1, 0.15) is 0 Å². The Balaban J connectivity index is 1.95. The zero-order valence-electron chi connectivity index (χ0n) is 9.53. The zero-order valence-corrected chi connectivity index (χ0v) is 9.53. The molecule has 0 amide bonds. The van der Waals surface area contributed by atoms with Crippen LogP contribution >= 0.6 is 0 Å². The van der Waals surface area contributed by atoms with Gasteiger partial charge < -0.3 is 0 Å². The van der Waals surface area contributed by atoms with Crippen LogP contribution in [0.25, 0.3) is 5.57 Å². The lowest BCUT2D eigenvalue weighted by atomic mass is 9.99. The molecule has 0 radical (unpaired) electrons. The Morgan fingerprint density at radius 1 is 1.44 bits per heavy atom. The molecule has 0 aliphatic heterocycles. The Morgan fingerprint density at radius 3 is 3.00 bits per heavy atom. The van der Waals surface area contributed by atoms with Crippen molar-refractivity contribution < 1.29 is 0 Å². The van der Waals surface area contributed by atoms with E-state index in [2.05, 4.69) is 31.2 Å². The molecule has 1 heteroatoms. The quantitative estimate of drug-likeness (QED) is 0.730. The summed E-state index contributed by atoms with van der Waals surface area (Å²) in [6.07, 6.45) is 6.06. The lowest BCUT2D eigenvalue weighted by Gasteiger charge is -2.05. The summed E-state index contributed by atoms with van der Waals surface area (Å²) < 4.78 is 0. The molecule has 2 atom stereocenters. The summed E-state index contributed by atoms with van der Waals surface area (Å²) in [6.45, 7) is 2.27. The maximum Gasteiger partial charge on any atom is 0.0991 e. The average Bonchev–Trinajstić information content (AvgIpc) is 3.00. The summed E-state index contributed by atoms with van der Waals surface area (Å²) in [5.74, 6) is 1.67. The lowest BCUT2D eigenvalue weighted by molar-refractivity contribution is 0.762. The van der Waals surface area contributed by atoms with Gasteiger partial charge in [-0.25, -0.2) is 0 Å². The van der Waals surface area contributed by atoms with E-state index in [-0.39, 0.29) is 0 Å². The summed E-state index contributed by atoms with van der Waals surface area (Å²) in [7, 11) is 0. The second kappa shape index (κ2) is 3.49. The minimum atomic E-state index is 0.778. The predicted molar refractivity (Wildman–Crippen MR) is 64.7 cm³/mol. The number of nitriles is 1. The minimum Gasteiger partial charge on any atom is -0.192 e. The highest BCUT2D eigenvalue weighted by molar-refractivity contribution is 5.77. The van der Waals surface area contributed by atoms with Crippen LogP contribution in [-0.4, -0.2) is 0 Å². The first kappa shape index (κ1) is 9.66. The minimum absolute atomic E-state index is 0.778. The van der Waals surface area contributed by atoms with E-state index in [0.717, 1.165) is 23.8 Å².